The van der Waals surface area contributed by atoms with E-state index in [0.717, 1.165) is 37.6 Å². The minimum Gasteiger partial charge on any atom is -0.506 e. The first-order valence-electron chi connectivity index (χ1n) is 14.8. The van der Waals surface area contributed by atoms with E-state index in [4.69, 9.17) is 5.73 Å². The second-order valence-electron chi connectivity index (χ2n) is 12.3. The number of carbonyl (C=O) groups is 2. The lowest BCUT2D eigenvalue weighted by Crippen LogP contribution is -2.56. The maximum atomic E-state index is 15.2. The maximum Gasteiger partial charge on any atom is 0.287 e. The van der Waals surface area contributed by atoms with Crippen LogP contribution >= 0.6 is 0 Å². The number of nitrogen functional groups attached to an aromatic ring is 1. The van der Waals surface area contributed by atoms with Crippen molar-refractivity contribution in [1.82, 2.24) is 15.3 Å². The van der Waals surface area contributed by atoms with E-state index in [1.807, 2.05) is 5.01 Å². The largest absolute Gasteiger partial charge is 0.506 e. The fourth-order valence-corrected chi connectivity index (χ4v) is 7.11. The number of nitrogens with two attached hydrogens (primary N) is 1. The second-order valence-corrected chi connectivity index (χ2v) is 12.3. The molecule has 0 radical (unpaired) electrons. The summed E-state index contributed by atoms with van der Waals surface area (Å²) in [6, 6.07) is 3.38. The number of phenols is 1. The van der Waals surface area contributed by atoms with E-state index in [0.29, 0.717) is 49.9 Å². The smallest absolute Gasteiger partial charge is 0.287 e. The SMILES string of the molecule is C=CC(=O)/C=C1\CCC2NN(c3cc(F)c(C4CC4)cc3O)C3CCN(C(=O)c4cnc(C(C)(F)F)cc4N)C(CC1)C23. The van der Waals surface area contributed by atoms with E-state index in [2.05, 4.69) is 17.0 Å². The standard InChI is InChI=1S/C32H36F3N5O3/c1-3-19(41)12-17-4-8-24-30-25(9-5-17)39(31(43)21-16-37-29(15-23(21)36)32(2,34)35)11-10-26(30)40(38-24)27-14-22(33)20(13-28(27)42)18-6-7-18/h3,12-16,18,24-26,30,38,42H,1,4-11H2,2H3,(H2,36,37)/b17-12+. The molecule has 8 nitrogen and oxygen atoms in total. The third kappa shape index (κ3) is 5.50. The third-order valence-corrected chi connectivity index (χ3v) is 9.39. The molecular formula is C32H36F3N5O3. The Morgan fingerprint density at radius 2 is 1.88 bits per heavy atom. The molecule has 2 aliphatic heterocycles. The summed E-state index contributed by atoms with van der Waals surface area (Å²) in [5.74, 6) is -4.08. The highest BCUT2D eigenvalue weighted by Gasteiger charge is 2.52. The summed E-state index contributed by atoms with van der Waals surface area (Å²) in [6.07, 6.45) is 8.74. The molecule has 6 rings (SSSR count). The topological polar surface area (TPSA) is 112 Å². The number of nitrogens with one attached hydrogen (secondary N) is 1. The van der Waals surface area contributed by atoms with Crippen molar-refractivity contribution < 1.29 is 27.9 Å². The highest BCUT2D eigenvalue weighted by atomic mass is 19.3. The van der Waals surface area contributed by atoms with Gasteiger partial charge in [-0.3, -0.25) is 14.6 Å². The Hall–Kier alpha value is -3.86. The Labute approximate surface area is 248 Å². The number of anilines is 2. The molecule has 2 aliphatic carbocycles. The number of aromatic hydroxyl groups is 1. The first kappa shape index (κ1) is 29.2. The zero-order valence-electron chi connectivity index (χ0n) is 24.0. The predicted octanol–water partition coefficient (Wildman–Crippen LogP) is 5.35. The molecule has 1 aromatic heterocycles. The average Bonchev–Trinajstić information content (AvgIpc) is 3.74. The van der Waals surface area contributed by atoms with Crippen LogP contribution in [0, 0.1) is 11.7 Å². The first-order valence-corrected chi connectivity index (χ1v) is 14.8. The van der Waals surface area contributed by atoms with Gasteiger partial charge in [0.15, 0.2) is 5.78 Å². The van der Waals surface area contributed by atoms with E-state index >= 15 is 4.39 Å². The van der Waals surface area contributed by atoms with Gasteiger partial charge in [0.25, 0.3) is 11.8 Å². The number of ketones is 1. The van der Waals surface area contributed by atoms with Crippen LogP contribution in [0.15, 0.2) is 48.7 Å². The summed E-state index contributed by atoms with van der Waals surface area (Å²) in [7, 11) is 0. The molecule has 228 valence electrons. The Bertz CT molecular complexity index is 1500. The molecule has 4 N–H and O–H groups in total. The molecule has 4 aliphatic rings. The molecule has 0 spiro atoms. The lowest BCUT2D eigenvalue weighted by Gasteiger charge is -2.46. The molecule has 11 heteroatoms. The highest BCUT2D eigenvalue weighted by Crippen LogP contribution is 2.48. The van der Waals surface area contributed by atoms with Crippen LogP contribution in [-0.4, -0.2) is 51.4 Å². The maximum absolute atomic E-state index is 15.2. The normalized spacial score (nSPS) is 26.6. The average molecular weight is 596 g/mol. The number of hydrazine groups is 1. The van der Waals surface area contributed by atoms with Crippen LogP contribution in [0.2, 0.25) is 0 Å². The fraction of sp³-hybridized carbons (Fsp3) is 0.469. The fourth-order valence-electron chi connectivity index (χ4n) is 7.11. The van der Waals surface area contributed by atoms with Crippen molar-refractivity contribution in [2.45, 2.75) is 81.8 Å². The van der Waals surface area contributed by atoms with Crippen LogP contribution in [0.25, 0.3) is 0 Å². The van der Waals surface area contributed by atoms with E-state index in [-0.39, 0.29) is 58.6 Å². The zero-order chi connectivity index (χ0) is 30.6. The third-order valence-electron chi connectivity index (χ3n) is 9.39. The van der Waals surface area contributed by atoms with E-state index in [9.17, 15) is 23.5 Å². The van der Waals surface area contributed by atoms with Crippen molar-refractivity contribution in [2.75, 3.05) is 17.3 Å². The van der Waals surface area contributed by atoms with Gasteiger partial charge in [-0.2, -0.15) is 8.78 Å². The van der Waals surface area contributed by atoms with Crippen molar-refractivity contribution >= 4 is 23.1 Å². The number of halogens is 3. The predicted molar refractivity (Wildman–Crippen MR) is 156 cm³/mol. The summed E-state index contributed by atoms with van der Waals surface area (Å²) in [6.45, 7) is 4.61. The van der Waals surface area contributed by atoms with Gasteiger partial charge in [0.1, 0.15) is 17.3 Å². The number of nitrogens with zero attached hydrogens (tertiary/aromatic N) is 3. The number of allylic oxidation sites excluding steroid dienone is 3. The molecule has 3 heterocycles. The minimum absolute atomic E-state index is 0.00366. The number of likely N-dealkylation sites (tertiary alicyclic amines) is 1. The van der Waals surface area contributed by atoms with Crippen molar-refractivity contribution in [2.24, 2.45) is 5.92 Å². The number of aromatic nitrogens is 1. The van der Waals surface area contributed by atoms with Crippen LogP contribution in [0.3, 0.4) is 0 Å². The molecule has 4 unspecified atom stereocenters. The molecule has 43 heavy (non-hydrogen) atoms. The van der Waals surface area contributed by atoms with Gasteiger partial charge in [-0.15, -0.1) is 0 Å². The number of piperidine rings is 1. The minimum atomic E-state index is -3.20. The first-order chi connectivity index (χ1) is 20.5. The summed E-state index contributed by atoms with van der Waals surface area (Å²) < 4.78 is 42.9. The monoisotopic (exact) mass is 595 g/mol. The summed E-state index contributed by atoms with van der Waals surface area (Å²) >= 11 is 0. The van der Waals surface area contributed by atoms with E-state index < -0.39 is 17.5 Å². The molecule has 2 aromatic rings. The van der Waals surface area contributed by atoms with Gasteiger partial charge >= 0.3 is 0 Å². The highest BCUT2D eigenvalue weighted by molar-refractivity contribution is 5.99. The Kier molecular flexibility index (Phi) is 7.48. The lowest BCUT2D eigenvalue weighted by molar-refractivity contribution is -0.110. The molecule has 4 fully saturated rings. The molecule has 1 amide bonds. The number of carbonyl (C=O) groups excluding carboxylic acids is 2. The molecule has 0 bridgehead atoms. The van der Waals surface area contributed by atoms with Crippen LogP contribution in [0.4, 0.5) is 24.5 Å². The number of benzene rings is 1. The van der Waals surface area contributed by atoms with Gasteiger partial charge in [0.2, 0.25) is 0 Å². The molecule has 4 atom stereocenters. The van der Waals surface area contributed by atoms with E-state index in [1.54, 1.807) is 11.0 Å². The number of amides is 1. The van der Waals surface area contributed by atoms with Crippen molar-refractivity contribution in [3.8, 4) is 5.75 Å². The number of phenolic OH excluding ortho intramolecular Hbond substituents is 1. The zero-order valence-corrected chi connectivity index (χ0v) is 24.0. The van der Waals surface area contributed by atoms with Crippen molar-refractivity contribution in [3.05, 3.63) is 71.3 Å². The second kappa shape index (κ2) is 11.0. The summed E-state index contributed by atoms with van der Waals surface area (Å²) in [4.78, 5) is 31.7. The van der Waals surface area contributed by atoms with Gasteiger partial charge in [0, 0.05) is 49.4 Å². The lowest BCUT2D eigenvalue weighted by atomic mass is 9.74. The van der Waals surface area contributed by atoms with E-state index in [1.165, 1.54) is 18.2 Å². The Balaban J connectivity index is 1.35. The number of hydrogen-bond acceptors (Lipinski definition) is 7. The Morgan fingerprint density at radius 1 is 1.14 bits per heavy atom. The quantitative estimate of drug-likeness (QED) is 0.387. The Morgan fingerprint density at radius 3 is 2.56 bits per heavy atom. The van der Waals surface area contributed by atoms with Gasteiger partial charge < -0.3 is 20.7 Å². The molecular weight excluding hydrogens is 559 g/mol. The molecule has 2 saturated carbocycles. The number of pyridine rings is 1. The van der Waals surface area contributed by atoms with Crippen LogP contribution in [0.5, 0.6) is 5.75 Å². The van der Waals surface area contributed by atoms with Gasteiger partial charge in [-0.1, -0.05) is 12.2 Å². The van der Waals surface area contributed by atoms with Gasteiger partial charge in [-0.25, -0.2) is 9.82 Å². The van der Waals surface area contributed by atoms with Gasteiger partial charge in [0.05, 0.1) is 17.3 Å². The number of alkyl halides is 2. The van der Waals surface area contributed by atoms with Crippen LogP contribution in [-0.2, 0) is 10.7 Å². The van der Waals surface area contributed by atoms with Gasteiger partial charge in [-0.05, 0) is 80.7 Å². The summed E-state index contributed by atoms with van der Waals surface area (Å²) in [5.41, 5.74) is 10.9. The molecule has 2 saturated heterocycles. The number of rotatable bonds is 6. The summed E-state index contributed by atoms with van der Waals surface area (Å²) in [5, 5.41) is 12.9. The van der Waals surface area contributed by atoms with Crippen LogP contribution < -0.4 is 16.2 Å². The van der Waals surface area contributed by atoms with Crippen LogP contribution in [0.1, 0.15) is 79.4 Å². The molecule has 1 aromatic carbocycles. The van der Waals surface area contributed by atoms with Crippen molar-refractivity contribution in [3.63, 3.8) is 0 Å². The number of hydrogen-bond donors (Lipinski definition) is 3. The van der Waals surface area contributed by atoms with Crippen molar-refractivity contribution in [1.29, 1.82) is 0 Å².